The van der Waals surface area contributed by atoms with Gasteiger partial charge in [0.25, 0.3) is 0 Å². The second-order valence-electron chi connectivity index (χ2n) is 5.98. The number of urea groups is 1. The molecule has 126 valence electrons. The van der Waals surface area contributed by atoms with Crippen molar-refractivity contribution in [3.8, 4) is 0 Å². The van der Waals surface area contributed by atoms with Gasteiger partial charge in [-0.25, -0.2) is 4.79 Å². The average Bonchev–Trinajstić information content (AvgIpc) is 2.84. The Labute approximate surface area is 139 Å². The van der Waals surface area contributed by atoms with E-state index in [1.807, 2.05) is 6.07 Å². The number of hydrogen-bond donors (Lipinski definition) is 2. The summed E-state index contributed by atoms with van der Waals surface area (Å²) in [6, 6.07) is 8.11. The van der Waals surface area contributed by atoms with Crippen LogP contribution in [0.5, 0.6) is 0 Å². The lowest BCUT2D eigenvalue weighted by atomic mass is 9.79. The minimum atomic E-state index is -0.695. The van der Waals surface area contributed by atoms with Crippen molar-refractivity contribution in [2.45, 2.75) is 25.4 Å². The van der Waals surface area contributed by atoms with Crippen molar-refractivity contribution in [3.05, 3.63) is 41.8 Å². The molecule has 24 heavy (non-hydrogen) atoms. The zero-order valence-electron chi connectivity index (χ0n) is 13.3. The standard InChI is InChI=1S/C17H19N3O4/c1-24-11-7-8-12-13(9-11)16(22)14(15(12)21)19-20-17(23)18-10-5-3-2-4-6-10/h2-6,11-13,22H,7-9H2,1H3,(H,18,23). The van der Waals surface area contributed by atoms with Crippen molar-refractivity contribution in [1.82, 2.24) is 0 Å². The third kappa shape index (κ3) is 3.21. The summed E-state index contributed by atoms with van der Waals surface area (Å²) >= 11 is 0. The van der Waals surface area contributed by atoms with E-state index in [-0.39, 0.29) is 35.2 Å². The number of fused-ring (bicyclic) bond motifs is 1. The number of ether oxygens (including phenoxy) is 1. The monoisotopic (exact) mass is 329 g/mol. The lowest BCUT2D eigenvalue weighted by Crippen LogP contribution is -2.30. The van der Waals surface area contributed by atoms with Crippen LogP contribution in [-0.2, 0) is 9.53 Å². The number of carbonyl (C=O) groups excluding carboxylic acids is 2. The summed E-state index contributed by atoms with van der Waals surface area (Å²) in [4.78, 5) is 24.2. The molecule has 3 rings (SSSR count). The molecule has 2 amide bonds. The Morgan fingerprint density at radius 1 is 1.25 bits per heavy atom. The number of para-hydroxylation sites is 1. The van der Waals surface area contributed by atoms with Gasteiger partial charge in [0.2, 0.25) is 0 Å². The molecule has 0 bridgehead atoms. The van der Waals surface area contributed by atoms with E-state index in [1.54, 1.807) is 31.4 Å². The number of nitrogens with zero attached hydrogens (tertiary/aromatic N) is 2. The fourth-order valence-corrected chi connectivity index (χ4v) is 3.31. The molecule has 1 fully saturated rings. The van der Waals surface area contributed by atoms with E-state index in [4.69, 9.17) is 4.74 Å². The molecule has 3 unspecified atom stereocenters. The summed E-state index contributed by atoms with van der Waals surface area (Å²) in [6.07, 6.45) is 2.02. The van der Waals surface area contributed by atoms with Gasteiger partial charge in [-0.05, 0) is 31.4 Å². The quantitative estimate of drug-likeness (QED) is 0.829. The number of carbonyl (C=O) groups is 2. The minimum absolute atomic E-state index is 0.0267. The zero-order valence-corrected chi connectivity index (χ0v) is 13.3. The van der Waals surface area contributed by atoms with Crippen LogP contribution in [0.15, 0.2) is 52.0 Å². The topological polar surface area (TPSA) is 100 Å². The maximum absolute atomic E-state index is 12.4. The van der Waals surface area contributed by atoms with Crippen LogP contribution in [0.4, 0.5) is 10.5 Å². The molecule has 0 saturated heterocycles. The van der Waals surface area contributed by atoms with E-state index in [1.165, 1.54) is 0 Å². The van der Waals surface area contributed by atoms with Crippen LogP contribution in [0.3, 0.4) is 0 Å². The smallest absolute Gasteiger partial charge is 0.364 e. The summed E-state index contributed by atoms with van der Waals surface area (Å²) in [5.74, 6) is -0.906. The molecule has 0 spiro atoms. The Kier molecular flexibility index (Phi) is 4.71. The van der Waals surface area contributed by atoms with Crippen molar-refractivity contribution in [1.29, 1.82) is 0 Å². The number of azo groups is 1. The fourth-order valence-electron chi connectivity index (χ4n) is 3.31. The van der Waals surface area contributed by atoms with Gasteiger partial charge in [-0.3, -0.25) is 4.79 Å². The lowest BCUT2D eigenvalue weighted by molar-refractivity contribution is -0.121. The molecule has 2 aliphatic rings. The van der Waals surface area contributed by atoms with Gasteiger partial charge in [0.05, 0.1) is 6.10 Å². The first-order chi connectivity index (χ1) is 11.6. The second kappa shape index (κ2) is 6.92. The molecule has 1 saturated carbocycles. The Morgan fingerprint density at radius 2 is 2.00 bits per heavy atom. The molecule has 2 aliphatic carbocycles. The van der Waals surface area contributed by atoms with Gasteiger partial charge in [0, 0.05) is 24.6 Å². The zero-order chi connectivity index (χ0) is 17.1. The molecule has 7 heteroatoms. The number of amides is 2. The number of rotatable bonds is 3. The van der Waals surface area contributed by atoms with Crippen LogP contribution >= 0.6 is 0 Å². The molecular weight excluding hydrogens is 310 g/mol. The van der Waals surface area contributed by atoms with E-state index in [9.17, 15) is 14.7 Å². The summed E-state index contributed by atoms with van der Waals surface area (Å²) in [7, 11) is 1.62. The molecule has 2 N–H and O–H groups in total. The maximum Gasteiger partial charge on any atom is 0.364 e. The number of benzene rings is 1. The summed E-state index contributed by atoms with van der Waals surface area (Å²) < 4.78 is 5.32. The molecule has 1 aromatic rings. The first-order valence-electron chi connectivity index (χ1n) is 7.88. The number of aliphatic hydroxyl groups is 1. The van der Waals surface area contributed by atoms with E-state index in [0.29, 0.717) is 18.5 Å². The van der Waals surface area contributed by atoms with E-state index < -0.39 is 6.03 Å². The predicted octanol–water partition coefficient (Wildman–Crippen LogP) is 3.45. The van der Waals surface area contributed by atoms with Crippen LogP contribution in [0, 0.1) is 11.8 Å². The first kappa shape index (κ1) is 16.3. The average molecular weight is 329 g/mol. The predicted molar refractivity (Wildman–Crippen MR) is 86.6 cm³/mol. The van der Waals surface area contributed by atoms with Crippen molar-refractivity contribution in [2.75, 3.05) is 12.4 Å². The fraction of sp³-hybridized carbons (Fsp3) is 0.412. The minimum Gasteiger partial charge on any atom is -0.510 e. The molecule has 1 aromatic carbocycles. The summed E-state index contributed by atoms with van der Waals surface area (Å²) in [5.41, 5.74) is 0.471. The molecular formula is C17H19N3O4. The van der Waals surface area contributed by atoms with Crippen LogP contribution in [0.1, 0.15) is 19.3 Å². The summed E-state index contributed by atoms with van der Waals surface area (Å²) in [6.45, 7) is 0. The molecule has 3 atom stereocenters. The van der Waals surface area contributed by atoms with Gasteiger partial charge in [-0.15, -0.1) is 5.11 Å². The normalized spacial score (nSPS) is 26.7. The van der Waals surface area contributed by atoms with Crippen molar-refractivity contribution in [3.63, 3.8) is 0 Å². The lowest BCUT2D eigenvalue weighted by Gasteiger charge is -2.29. The van der Waals surface area contributed by atoms with E-state index in [0.717, 1.165) is 6.42 Å². The number of ketones is 1. The number of aliphatic hydroxyl groups excluding tert-OH is 1. The second-order valence-corrected chi connectivity index (χ2v) is 5.98. The van der Waals surface area contributed by atoms with Gasteiger partial charge < -0.3 is 15.2 Å². The number of methoxy groups -OCH3 is 1. The molecule has 0 heterocycles. The van der Waals surface area contributed by atoms with Crippen LogP contribution in [0.25, 0.3) is 0 Å². The van der Waals surface area contributed by atoms with Crippen LogP contribution < -0.4 is 5.32 Å². The Hall–Kier alpha value is -2.54. The van der Waals surface area contributed by atoms with Gasteiger partial charge in [-0.2, -0.15) is 0 Å². The Bertz CT molecular complexity index is 699. The van der Waals surface area contributed by atoms with Crippen molar-refractivity contribution < 1.29 is 19.4 Å². The van der Waals surface area contributed by atoms with Gasteiger partial charge in [-0.1, -0.05) is 23.3 Å². The van der Waals surface area contributed by atoms with E-state index >= 15 is 0 Å². The summed E-state index contributed by atoms with van der Waals surface area (Å²) in [5, 5.41) is 20.0. The molecule has 0 aromatic heterocycles. The van der Waals surface area contributed by atoms with Crippen molar-refractivity contribution >= 4 is 17.5 Å². The van der Waals surface area contributed by atoms with Crippen LogP contribution in [0.2, 0.25) is 0 Å². The Morgan fingerprint density at radius 3 is 2.71 bits per heavy atom. The number of anilines is 1. The Balaban J connectivity index is 1.70. The highest BCUT2D eigenvalue weighted by Crippen LogP contribution is 2.43. The molecule has 7 nitrogen and oxygen atoms in total. The highest BCUT2D eigenvalue weighted by atomic mass is 16.5. The third-order valence-corrected chi connectivity index (χ3v) is 4.57. The molecule has 0 radical (unpaired) electrons. The number of hydrogen-bond acceptors (Lipinski definition) is 5. The maximum atomic E-state index is 12.4. The van der Waals surface area contributed by atoms with Gasteiger partial charge >= 0.3 is 6.03 Å². The van der Waals surface area contributed by atoms with Crippen molar-refractivity contribution in [2.24, 2.45) is 22.1 Å². The first-order valence-corrected chi connectivity index (χ1v) is 7.88. The van der Waals surface area contributed by atoms with Gasteiger partial charge in [0.15, 0.2) is 11.5 Å². The highest BCUT2D eigenvalue weighted by Gasteiger charge is 2.46. The largest absolute Gasteiger partial charge is 0.510 e. The number of allylic oxidation sites excluding steroid dienone is 2. The highest BCUT2D eigenvalue weighted by molar-refractivity contribution is 6.00. The molecule has 0 aliphatic heterocycles. The third-order valence-electron chi connectivity index (χ3n) is 4.57. The number of nitrogens with one attached hydrogen (secondary N) is 1. The van der Waals surface area contributed by atoms with Crippen LogP contribution in [-0.4, -0.2) is 30.1 Å². The SMILES string of the molecule is COC1CCC2C(=O)C(N=NC(=O)Nc3ccccc3)=C(O)C2C1. The van der Waals surface area contributed by atoms with Gasteiger partial charge in [0.1, 0.15) is 5.76 Å². The van der Waals surface area contributed by atoms with E-state index in [2.05, 4.69) is 15.5 Å². The number of Topliss-reactive ketones (excluding diaryl/α,β-unsaturated/α-hetero) is 1.